The van der Waals surface area contributed by atoms with E-state index in [0.29, 0.717) is 43.4 Å². The maximum absolute atomic E-state index is 8.77. The van der Waals surface area contributed by atoms with Crippen molar-refractivity contribution >= 4 is 0 Å². The predicted molar refractivity (Wildman–Crippen MR) is 82.0 cm³/mol. The first kappa shape index (κ1) is 16.2. The monoisotopic (exact) mass is 304 g/mol. The van der Waals surface area contributed by atoms with Crippen LogP contribution >= 0.6 is 0 Å². The number of aliphatic hydroxyl groups excluding tert-OH is 1. The molecule has 1 N–H and O–H groups in total. The highest BCUT2D eigenvalue weighted by molar-refractivity contribution is 5.57. The van der Waals surface area contributed by atoms with Crippen LogP contribution in [0, 0.1) is 0 Å². The van der Waals surface area contributed by atoms with Crippen LogP contribution in [-0.2, 0) is 4.74 Å². The van der Waals surface area contributed by atoms with Crippen molar-refractivity contribution in [3.8, 4) is 22.9 Å². The smallest absolute Gasteiger partial charge is 0.123 e. The van der Waals surface area contributed by atoms with Crippen molar-refractivity contribution in [2.24, 2.45) is 0 Å². The van der Waals surface area contributed by atoms with E-state index >= 15 is 0 Å². The zero-order chi connectivity index (χ0) is 15.6. The maximum atomic E-state index is 8.77. The van der Waals surface area contributed by atoms with Gasteiger partial charge in [0.15, 0.2) is 0 Å². The molecule has 6 heteroatoms. The minimum absolute atomic E-state index is 0.111. The first-order valence-corrected chi connectivity index (χ1v) is 7.11. The van der Waals surface area contributed by atoms with Gasteiger partial charge in [-0.05, 0) is 12.1 Å². The number of nitrogens with zero attached hydrogens (tertiary/aromatic N) is 2. The normalized spacial score (nSPS) is 10.5. The van der Waals surface area contributed by atoms with E-state index in [1.165, 1.54) is 0 Å². The van der Waals surface area contributed by atoms with Crippen LogP contribution in [0.15, 0.2) is 36.7 Å². The second kappa shape index (κ2) is 8.96. The van der Waals surface area contributed by atoms with Crippen molar-refractivity contribution in [1.29, 1.82) is 0 Å². The van der Waals surface area contributed by atoms with Gasteiger partial charge >= 0.3 is 0 Å². The Labute approximate surface area is 129 Å². The summed E-state index contributed by atoms with van der Waals surface area (Å²) in [5.74, 6) is 1.42. The highest BCUT2D eigenvalue weighted by Crippen LogP contribution is 2.23. The molecule has 0 radical (unpaired) electrons. The van der Waals surface area contributed by atoms with Crippen molar-refractivity contribution in [2.75, 3.05) is 33.5 Å². The van der Waals surface area contributed by atoms with E-state index in [2.05, 4.69) is 9.97 Å². The number of hydrogen-bond acceptors (Lipinski definition) is 6. The molecule has 0 fully saturated rings. The Morgan fingerprint density at radius 1 is 0.909 bits per heavy atom. The molecule has 2 heterocycles. The third kappa shape index (κ3) is 4.98. The van der Waals surface area contributed by atoms with E-state index in [-0.39, 0.29) is 6.61 Å². The summed E-state index contributed by atoms with van der Waals surface area (Å²) >= 11 is 0. The lowest BCUT2D eigenvalue weighted by molar-refractivity contribution is 0.146. The van der Waals surface area contributed by atoms with Gasteiger partial charge in [0.2, 0.25) is 0 Å². The Bertz CT molecular complexity index is 526. The van der Waals surface area contributed by atoms with Crippen molar-refractivity contribution < 1.29 is 19.3 Å². The number of methoxy groups -OCH3 is 1. The van der Waals surface area contributed by atoms with E-state index in [9.17, 15) is 0 Å². The van der Waals surface area contributed by atoms with Crippen molar-refractivity contribution in [1.82, 2.24) is 9.97 Å². The molecule has 0 atom stereocenters. The lowest BCUT2D eigenvalue weighted by Crippen LogP contribution is -2.04. The Kier molecular flexibility index (Phi) is 6.60. The van der Waals surface area contributed by atoms with Gasteiger partial charge in [-0.3, -0.25) is 9.97 Å². The molecule has 2 aromatic heterocycles. The highest BCUT2D eigenvalue weighted by Gasteiger charge is 2.05. The van der Waals surface area contributed by atoms with Crippen molar-refractivity contribution in [3.63, 3.8) is 0 Å². The van der Waals surface area contributed by atoms with E-state index < -0.39 is 0 Å². The first-order valence-electron chi connectivity index (χ1n) is 7.11. The summed E-state index contributed by atoms with van der Waals surface area (Å²) in [4.78, 5) is 8.61. The Morgan fingerprint density at radius 2 is 1.50 bits per heavy atom. The predicted octanol–water partition coefficient (Wildman–Crippen LogP) is 1.93. The lowest BCUT2D eigenvalue weighted by Gasteiger charge is -2.08. The molecule has 0 bridgehead atoms. The van der Waals surface area contributed by atoms with E-state index in [4.69, 9.17) is 19.3 Å². The summed E-state index contributed by atoms with van der Waals surface area (Å²) in [5.41, 5.74) is 1.42. The summed E-state index contributed by atoms with van der Waals surface area (Å²) in [7, 11) is 1.63. The van der Waals surface area contributed by atoms with Crippen LogP contribution in [-0.4, -0.2) is 48.6 Å². The van der Waals surface area contributed by atoms with Gasteiger partial charge in [-0.25, -0.2) is 0 Å². The van der Waals surface area contributed by atoms with Gasteiger partial charge in [0, 0.05) is 44.7 Å². The first-order chi connectivity index (χ1) is 10.8. The van der Waals surface area contributed by atoms with Gasteiger partial charge in [-0.1, -0.05) is 0 Å². The Hall–Kier alpha value is -2.18. The molecule has 0 aliphatic heterocycles. The number of hydrogen-bond donors (Lipinski definition) is 1. The molecule has 0 spiro atoms. The molecule has 0 saturated carbocycles. The SMILES string of the molecule is COCCOc1ccnc(-c2cc(OCCCO)ccn2)c1. The average molecular weight is 304 g/mol. The molecular weight excluding hydrogens is 284 g/mol. The fourth-order valence-corrected chi connectivity index (χ4v) is 1.78. The second-order valence-corrected chi connectivity index (χ2v) is 4.52. The molecule has 0 aliphatic rings. The van der Waals surface area contributed by atoms with E-state index in [0.717, 1.165) is 5.75 Å². The average Bonchev–Trinajstić information content (AvgIpc) is 2.56. The molecule has 0 aliphatic carbocycles. The number of pyridine rings is 2. The van der Waals surface area contributed by atoms with Gasteiger partial charge < -0.3 is 19.3 Å². The minimum Gasteiger partial charge on any atom is -0.493 e. The van der Waals surface area contributed by atoms with Gasteiger partial charge in [0.05, 0.1) is 24.6 Å². The van der Waals surface area contributed by atoms with E-state index in [1.54, 1.807) is 31.6 Å². The molecule has 6 nitrogen and oxygen atoms in total. The number of aromatic nitrogens is 2. The fourth-order valence-electron chi connectivity index (χ4n) is 1.78. The highest BCUT2D eigenvalue weighted by atomic mass is 16.5. The Morgan fingerprint density at radius 3 is 2.05 bits per heavy atom. The molecule has 2 aromatic rings. The van der Waals surface area contributed by atoms with Crippen LogP contribution in [0.25, 0.3) is 11.4 Å². The molecular formula is C16H20N2O4. The van der Waals surface area contributed by atoms with E-state index in [1.807, 2.05) is 12.1 Å². The molecule has 22 heavy (non-hydrogen) atoms. The topological polar surface area (TPSA) is 73.7 Å². The van der Waals surface area contributed by atoms with Gasteiger partial charge in [-0.2, -0.15) is 0 Å². The fraction of sp³-hybridized carbons (Fsp3) is 0.375. The largest absolute Gasteiger partial charge is 0.493 e. The summed E-state index contributed by atoms with van der Waals surface area (Å²) in [5, 5.41) is 8.77. The van der Waals surface area contributed by atoms with Crippen LogP contribution in [0.5, 0.6) is 11.5 Å². The number of rotatable bonds is 9. The zero-order valence-corrected chi connectivity index (χ0v) is 12.6. The number of aliphatic hydroxyl groups is 1. The molecule has 0 unspecified atom stereocenters. The van der Waals surface area contributed by atoms with Crippen LogP contribution in [0.4, 0.5) is 0 Å². The molecule has 0 aromatic carbocycles. The summed E-state index contributed by atoms with van der Waals surface area (Å²) in [6.45, 7) is 1.59. The zero-order valence-electron chi connectivity index (χ0n) is 12.6. The standard InChI is InChI=1S/C16H20N2O4/c1-20-9-10-22-14-4-6-18-16(12-14)15-11-13(3-5-17-15)21-8-2-7-19/h3-6,11-12,19H,2,7-10H2,1H3. The summed E-state index contributed by atoms with van der Waals surface area (Å²) in [6.07, 6.45) is 3.95. The quantitative estimate of drug-likeness (QED) is 0.714. The van der Waals surface area contributed by atoms with Crippen LogP contribution in [0.1, 0.15) is 6.42 Å². The molecule has 118 valence electrons. The lowest BCUT2D eigenvalue weighted by atomic mass is 10.2. The van der Waals surface area contributed by atoms with Crippen molar-refractivity contribution in [3.05, 3.63) is 36.7 Å². The maximum Gasteiger partial charge on any atom is 0.123 e. The van der Waals surface area contributed by atoms with Crippen molar-refractivity contribution in [2.45, 2.75) is 6.42 Å². The van der Waals surface area contributed by atoms with Crippen LogP contribution in [0.2, 0.25) is 0 Å². The molecule has 0 saturated heterocycles. The van der Waals surface area contributed by atoms with Gasteiger partial charge in [0.25, 0.3) is 0 Å². The third-order valence-electron chi connectivity index (χ3n) is 2.85. The van der Waals surface area contributed by atoms with Crippen LogP contribution in [0.3, 0.4) is 0 Å². The van der Waals surface area contributed by atoms with Gasteiger partial charge in [0.1, 0.15) is 18.1 Å². The molecule has 0 amide bonds. The Balaban J connectivity index is 2.07. The second-order valence-electron chi connectivity index (χ2n) is 4.52. The summed E-state index contributed by atoms with van der Waals surface area (Å²) in [6, 6.07) is 7.22. The van der Waals surface area contributed by atoms with Crippen LogP contribution < -0.4 is 9.47 Å². The third-order valence-corrected chi connectivity index (χ3v) is 2.85. The number of ether oxygens (including phenoxy) is 3. The summed E-state index contributed by atoms with van der Waals surface area (Å²) < 4.78 is 16.1. The molecule has 2 rings (SSSR count). The minimum atomic E-state index is 0.111. The van der Waals surface area contributed by atoms with Gasteiger partial charge in [-0.15, -0.1) is 0 Å².